The van der Waals surface area contributed by atoms with Crippen molar-refractivity contribution >= 4 is 35.5 Å². The van der Waals surface area contributed by atoms with Gasteiger partial charge in [0.05, 0.1) is 12.6 Å². The van der Waals surface area contributed by atoms with Crippen LogP contribution in [0, 0.1) is 11.8 Å². The number of aliphatic hydroxyl groups excluding tert-OH is 1. The van der Waals surface area contributed by atoms with Gasteiger partial charge >= 0.3 is 5.97 Å². The molecule has 29 heavy (non-hydrogen) atoms. The molecule has 4 unspecified atom stereocenters. The molecule has 0 rings (SSSR count). The molecule has 0 aromatic rings. The average Bonchev–Trinajstić information content (AvgIpc) is 2.64. The molecule has 7 N–H and O–H groups in total. The molecule has 0 fully saturated rings. The van der Waals surface area contributed by atoms with Gasteiger partial charge in [-0.15, -0.1) is 0 Å². The van der Waals surface area contributed by atoms with Gasteiger partial charge in [-0.05, 0) is 30.3 Å². The van der Waals surface area contributed by atoms with E-state index < -0.39 is 54.5 Å². The normalized spacial score (nSPS) is 15.3. The summed E-state index contributed by atoms with van der Waals surface area (Å²) >= 11 is 1.53. The van der Waals surface area contributed by atoms with Crippen LogP contribution >= 0.6 is 11.8 Å². The molecule has 4 atom stereocenters. The number of amides is 3. The lowest BCUT2D eigenvalue weighted by atomic mass is 10.00. The van der Waals surface area contributed by atoms with Crippen molar-refractivity contribution in [1.82, 2.24) is 16.0 Å². The summed E-state index contributed by atoms with van der Waals surface area (Å²) in [5.41, 5.74) is 5.76. The second-order valence-electron chi connectivity index (χ2n) is 7.43. The molecule has 0 aliphatic rings. The lowest BCUT2D eigenvalue weighted by Crippen LogP contribution is -2.59. The Balaban J connectivity index is 5.11. The van der Waals surface area contributed by atoms with Gasteiger partial charge in [0.15, 0.2) is 0 Å². The Labute approximate surface area is 175 Å². The van der Waals surface area contributed by atoms with E-state index in [9.17, 15) is 29.4 Å². The molecule has 0 bridgehead atoms. The summed E-state index contributed by atoms with van der Waals surface area (Å²) < 4.78 is 0. The highest BCUT2D eigenvalue weighted by atomic mass is 32.2. The fourth-order valence-corrected chi connectivity index (χ4v) is 2.88. The van der Waals surface area contributed by atoms with Gasteiger partial charge in [0, 0.05) is 0 Å². The summed E-state index contributed by atoms with van der Waals surface area (Å²) in [5, 5.41) is 26.0. The molecule has 0 aliphatic heterocycles. The van der Waals surface area contributed by atoms with E-state index in [0.717, 1.165) is 0 Å². The van der Waals surface area contributed by atoms with Crippen molar-refractivity contribution in [1.29, 1.82) is 0 Å². The van der Waals surface area contributed by atoms with Crippen LogP contribution in [0.4, 0.5) is 0 Å². The number of nitrogens with one attached hydrogen (secondary N) is 3. The first-order valence-electron chi connectivity index (χ1n) is 9.45. The predicted octanol–water partition coefficient (Wildman–Crippen LogP) is -1.09. The van der Waals surface area contributed by atoms with E-state index in [4.69, 9.17) is 5.73 Å². The number of carboxylic acids is 1. The fraction of sp³-hybridized carbons (Fsp3) is 0.778. The Bertz CT molecular complexity index is 573. The standard InChI is InChI=1S/C18H34N4O6S/c1-9(2)13(17(26)22-14(10(3)4)18(27)28)21-16(25)12(8-23)20-15(24)11(19)6-7-29-5/h9-14,23H,6-8,19H2,1-5H3,(H,20,24)(H,21,25)(H,22,26)(H,27,28). The van der Waals surface area contributed by atoms with Gasteiger partial charge in [-0.1, -0.05) is 27.7 Å². The minimum atomic E-state index is -1.28. The summed E-state index contributed by atoms with van der Waals surface area (Å²) in [6.07, 6.45) is 2.29. The van der Waals surface area contributed by atoms with E-state index in [1.54, 1.807) is 27.7 Å². The van der Waals surface area contributed by atoms with Crippen LogP contribution in [-0.4, -0.2) is 76.7 Å². The second-order valence-corrected chi connectivity index (χ2v) is 8.42. The molecule has 168 valence electrons. The summed E-state index contributed by atoms with van der Waals surface area (Å²) in [4.78, 5) is 48.4. The van der Waals surface area contributed by atoms with Crippen LogP contribution in [0.5, 0.6) is 0 Å². The minimum absolute atomic E-state index is 0.354. The van der Waals surface area contributed by atoms with Crippen molar-refractivity contribution in [2.75, 3.05) is 18.6 Å². The van der Waals surface area contributed by atoms with E-state index >= 15 is 0 Å². The molecule has 0 aromatic carbocycles. The molecule has 0 spiro atoms. The number of hydrogen-bond donors (Lipinski definition) is 6. The Morgan fingerprint density at radius 2 is 1.41 bits per heavy atom. The van der Waals surface area contributed by atoms with E-state index in [-0.39, 0.29) is 11.8 Å². The Morgan fingerprint density at radius 1 is 0.897 bits per heavy atom. The molecule has 0 aliphatic carbocycles. The second kappa shape index (κ2) is 13.4. The number of carboxylic acid groups (broad SMARTS) is 1. The number of carbonyl (C=O) groups excluding carboxylic acids is 3. The van der Waals surface area contributed by atoms with Crippen molar-refractivity contribution in [3.63, 3.8) is 0 Å². The summed E-state index contributed by atoms with van der Waals surface area (Å²) in [6.45, 7) is 5.99. The molecule has 0 saturated heterocycles. The monoisotopic (exact) mass is 434 g/mol. The molecular weight excluding hydrogens is 400 g/mol. The molecule has 11 heteroatoms. The van der Waals surface area contributed by atoms with Gasteiger partial charge in [0.1, 0.15) is 18.1 Å². The number of aliphatic carboxylic acids is 1. The van der Waals surface area contributed by atoms with Crippen molar-refractivity contribution < 1.29 is 29.4 Å². The van der Waals surface area contributed by atoms with Crippen LogP contribution in [0.1, 0.15) is 34.1 Å². The summed E-state index contributed by atoms with van der Waals surface area (Å²) in [7, 11) is 0. The van der Waals surface area contributed by atoms with Gasteiger partial charge in [-0.2, -0.15) is 11.8 Å². The fourth-order valence-electron chi connectivity index (χ4n) is 2.39. The van der Waals surface area contributed by atoms with Crippen molar-refractivity contribution in [2.45, 2.75) is 58.3 Å². The maximum Gasteiger partial charge on any atom is 0.326 e. The lowest BCUT2D eigenvalue weighted by molar-refractivity contribution is -0.144. The third kappa shape index (κ3) is 9.46. The van der Waals surface area contributed by atoms with Crippen LogP contribution in [0.3, 0.4) is 0 Å². The van der Waals surface area contributed by atoms with E-state index in [1.807, 2.05) is 6.26 Å². The third-order valence-electron chi connectivity index (χ3n) is 4.26. The van der Waals surface area contributed by atoms with Crippen LogP contribution in [0.2, 0.25) is 0 Å². The summed E-state index contributed by atoms with van der Waals surface area (Å²) in [6, 6.07) is -4.25. The highest BCUT2D eigenvalue weighted by Gasteiger charge is 2.32. The SMILES string of the molecule is CSCCC(N)C(=O)NC(CO)C(=O)NC(C(=O)NC(C(=O)O)C(C)C)C(C)C. The van der Waals surface area contributed by atoms with Crippen LogP contribution in [0.25, 0.3) is 0 Å². The quantitative estimate of drug-likeness (QED) is 0.212. The molecule has 0 aromatic heterocycles. The zero-order valence-corrected chi connectivity index (χ0v) is 18.4. The van der Waals surface area contributed by atoms with Crippen molar-refractivity contribution in [3.8, 4) is 0 Å². The zero-order valence-electron chi connectivity index (χ0n) is 17.6. The van der Waals surface area contributed by atoms with E-state index in [0.29, 0.717) is 12.2 Å². The van der Waals surface area contributed by atoms with Crippen LogP contribution < -0.4 is 21.7 Å². The Morgan fingerprint density at radius 3 is 1.83 bits per heavy atom. The van der Waals surface area contributed by atoms with E-state index in [2.05, 4.69) is 16.0 Å². The number of nitrogens with two attached hydrogens (primary N) is 1. The number of hydrogen-bond acceptors (Lipinski definition) is 7. The van der Waals surface area contributed by atoms with Gasteiger partial charge < -0.3 is 31.9 Å². The number of aliphatic hydroxyl groups is 1. The Kier molecular flexibility index (Phi) is 12.5. The van der Waals surface area contributed by atoms with Crippen LogP contribution in [-0.2, 0) is 19.2 Å². The van der Waals surface area contributed by atoms with Gasteiger partial charge in [-0.25, -0.2) is 4.79 Å². The Hall–Kier alpha value is -1.85. The largest absolute Gasteiger partial charge is 0.480 e. The number of rotatable bonds is 13. The first-order valence-corrected chi connectivity index (χ1v) is 10.8. The number of carbonyl (C=O) groups is 4. The van der Waals surface area contributed by atoms with Gasteiger partial charge in [0.2, 0.25) is 17.7 Å². The maximum atomic E-state index is 12.5. The van der Waals surface area contributed by atoms with Gasteiger partial charge in [-0.3, -0.25) is 14.4 Å². The van der Waals surface area contributed by atoms with Crippen LogP contribution in [0.15, 0.2) is 0 Å². The maximum absolute atomic E-state index is 12.5. The molecular formula is C18H34N4O6S. The molecule has 0 heterocycles. The van der Waals surface area contributed by atoms with Gasteiger partial charge in [0.25, 0.3) is 0 Å². The molecule has 3 amide bonds. The highest BCUT2D eigenvalue weighted by Crippen LogP contribution is 2.07. The van der Waals surface area contributed by atoms with Crippen molar-refractivity contribution in [2.24, 2.45) is 17.6 Å². The first kappa shape index (κ1) is 27.1. The van der Waals surface area contributed by atoms with Crippen molar-refractivity contribution in [3.05, 3.63) is 0 Å². The average molecular weight is 435 g/mol. The molecule has 0 saturated carbocycles. The zero-order chi connectivity index (χ0) is 22.7. The number of thioether (sulfide) groups is 1. The highest BCUT2D eigenvalue weighted by molar-refractivity contribution is 7.98. The lowest BCUT2D eigenvalue weighted by Gasteiger charge is -2.27. The predicted molar refractivity (Wildman–Crippen MR) is 111 cm³/mol. The summed E-state index contributed by atoms with van der Waals surface area (Å²) in [5.74, 6) is -3.23. The van der Waals surface area contributed by atoms with E-state index in [1.165, 1.54) is 11.8 Å². The molecule has 10 nitrogen and oxygen atoms in total. The first-order chi connectivity index (χ1) is 13.5. The smallest absolute Gasteiger partial charge is 0.326 e. The molecule has 0 radical (unpaired) electrons. The topological polar surface area (TPSA) is 171 Å². The third-order valence-corrected chi connectivity index (χ3v) is 4.91. The minimum Gasteiger partial charge on any atom is -0.480 e.